The van der Waals surface area contributed by atoms with Crippen LogP contribution in [0.2, 0.25) is 5.02 Å². The Morgan fingerprint density at radius 1 is 1.48 bits per heavy atom. The fourth-order valence-electron chi connectivity index (χ4n) is 1.64. The molecule has 0 aromatic heterocycles. The summed E-state index contributed by atoms with van der Waals surface area (Å²) in [5.74, 6) is 1.28. The largest absolute Gasteiger partial charge is 0.494 e. The van der Waals surface area contributed by atoms with Gasteiger partial charge in [0, 0.05) is 11.6 Å². The molecule has 0 amide bonds. The Kier molecular flexibility index (Phi) is 10.2. The van der Waals surface area contributed by atoms with Gasteiger partial charge in [-0.25, -0.2) is 4.99 Å². The molecule has 0 fully saturated rings. The van der Waals surface area contributed by atoms with E-state index in [9.17, 15) is 0 Å². The summed E-state index contributed by atoms with van der Waals surface area (Å²) in [6.07, 6.45) is 0.763. The van der Waals surface area contributed by atoms with E-state index < -0.39 is 0 Å². The van der Waals surface area contributed by atoms with E-state index in [2.05, 4.69) is 16.9 Å². The minimum atomic E-state index is 0. The van der Waals surface area contributed by atoms with Crippen LogP contribution >= 0.6 is 35.6 Å². The third kappa shape index (κ3) is 8.16. The topological polar surface area (TPSA) is 59.6 Å². The van der Waals surface area contributed by atoms with Crippen LogP contribution in [0.25, 0.3) is 0 Å². The minimum absolute atomic E-state index is 0. The van der Waals surface area contributed by atoms with Gasteiger partial charge in [-0.05, 0) is 44.0 Å². The van der Waals surface area contributed by atoms with Gasteiger partial charge in [0.2, 0.25) is 0 Å². The van der Waals surface area contributed by atoms with Crippen molar-refractivity contribution in [2.24, 2.45) is 10.7 Å². The van der Waals surface area contributed by atoms with Gasteiger partial charge < -0.3 is 15.8 Å². The molecule has 0 aliphatic carbocycles. The molecular formula is C15H23ClIN3O. The Morgan fingerprint density at radius 2 is 2.19 bits per heavy atom. The van der Waals surface area contributed by atoms with Gasteiger partial charge in [-0.1, -0.05) is 23.8 Å². The number of hydrogen-bond acceptors (Lipinski definition) is 2. The number of nitrogens with one attached hydrogen (secondary N) is 1. The van der Waals surface area contributed by atoms with Crippen molar-refractivity contribution >= 4 is 41.5 Å². The summed E-state index contributed by atoms with van der Waals surface area (Å²) in [6.45, 7) is 9.49. The number of hydrogen-bond donors (Lipinski definition) is 2. The first-order chi connectivity index (χ1) is 9.52. The lowest BCUT2D eigenvalue weighted by molar-refractivity contribution is 0.336. The third-order valence-electron chi connectivity index (χ3n) is 2.54. The second kappa shape index (κ2) is 10.7. The molecule has 6 heteroatoms. The normalized spacial score (nSPS) is 10.7. The van der Waals surface area contributed by atoms with Crippen LogP contribution in [0.15, 0.2) is 35.3 Å². The van der Waals surface area contributed by atoms with Crippen molar-refractivity contribution in [3.8, 4) is 5.75 Å². The van der Waals surface area contributed by atoms with Gasteiger partial charge in [0.1, 0.15) is 5.75 Å². The number of nitrogens with two attached hydrogens (primary N) is 1. The van der Waals surface area contributed by atoms with Crippen molar-refractivity contribution in [3.05, 3.63) is 40.9 Å². The average molecular weight is 424 g/mol. The Morgan fingerprint density at radius 3 is 2.81 bits per heavy atom. The number of nitrogens with zero attached hydrogens (tertiary/aromatic N) is 1. The van der Waals surface area contributed by atoms with Crippen molar-refractivity contribution in [3.63, 3.8) is 0 Å². The third-order valence-corrected chi connectivity index (χ3v) is 2.78. The van der Waals surface area contributed by atoms with Gasteiger partial charge in [-0.15, -0.1) is 24.0 Å². The summed E-state index contributed by atoms with van der Waals surface area (Å²) >= 11 is 6.01. The molecule has 0 atom stereocenters. The molecule has 21 heavy (non-hydrogen) atoms. The number of guanidine groups is 1. The van der Waals surface area contributed by atoms with E-state index >= 15 is 0 Å². The summed E-state index contributed by atoms with van der Waals surface area (Å²) in [4.78, 5) is 4.16. The number of rotatable bonds is 7. The Hall–Kier alpha value is -0.950. The Bertz CT molecular complexity index is 492. The molecule has 1 aromatic rings. The number of benzene rings is 1. The fraction of sp³-hybridized carbons (Fsp3) is 0.400. The van der Waals surface area contributed by atoms with Gasteiger partial charge in [-0.2, -0.15) is 0 Å². The van der Waals surface area contributed by atoms with E-state index in [-0.39, 0.29) is 24.0 Å². The molecule has 0 heterocycles. The molecule has 1 aromatic carbocycles. The maximum atomic E-state index is 6.01. The Labute approximate surface area is 148 Å². The van der Waals surface area contributed by atoms with Gasteiger partial charge >= 0.3 is 0 Å². The lowest BCUT2D eigenvalue weighted by atomic mass is 10.1. The zero-order valence-electron chi connectivity index (χ0n) is 12.5. The second-order valence-corrected chi connectivity index (χ2v) is 4.96. The second-order valence-electron chi connectivity index (χ2n) is 4.52. The highest BCUT2D eigenvalue weighted by Crippen LogP contribution is 2.23. The SMILES string of the molecule is C=C(C)CN=C(N)NCCc1cc(Cl)ccc1OCC.I. The average Bonchev–Trinajstić information content (AvgIpc) is 2.39. The molecule has 0 radical (unpaired) electrons. The van der Waals surface area contributed by atoms with E-state index in [0.717, 1.165) is 23.3 Å². The monoisotopic (exact) mass is 423 g/mol. The molecule has 0 aliphatic heterocycles. The van der Waals surface area contributed by atoms with Gasteiger partial charge in [0.15, 0.2) is 5.96 Å². The van der Waals surface area contributed by atoms with Crippen molar-refractivity contribution in [2.75, 3.05) is 19.7 Å². The number of halogens is 2. The Balaban J connectivity index is 0.00000400. The molecule has 0 aliphatic rings. The van der Waals surface area contributed by atoms with Crippen LogP contribution < -0.4 is 15.8 Å². The first-order valence-electron chi connectivity index (χ1n) is 6.62. The molecule has 0 saturated heterocycles. The molecule has 0 bridgehead atoms. The van der Waals surface area contributed by atoms with E-state index in [4.69, 9.17) is 22.1 Å². The van der Waals surface area contributed by atoms with Crippen LogP contribution in [-0.2, 0) is 6.42 Å². The highest BCUT2D eigenvalue weighted by molar-refractivity contribution is 14.0. The van der Waals surface area contributed by atoms with E-state index in [1.54, 1.807) is 0 Å². The lowest BCUT2D eigenvalue weighted by Gasteiger charge is -2.11. The summed E-state index contributed by atoms with van der Waals surface area (Å²) in [5.41, 5.74) is 7.78. The van der Waals surface area contributed by atoms with E-state index in [1.165, 1.54) is 0 Å². The summed E-state index contributed by atoms with van der Waals surface area (Å²) in [7, 11) is 0. The predicted octanol–water partition coefficient (Wildman–Crippen LogP) is 3.38. The van der Waals surface area contributed by atoms with Gasteiger partial charge in [-0.3, -0.25) is 0 Å². The molecule has 3 N–H and O–H groups in total. The molecule has 118 valence electrons. The van der Waals surface area contributed by atoms with Crippen LogP contribution in [0.1, 0.15) is 19.4 Å². The van der Waals surface area contributed by atoms with Crippen molar-refractivity contribution < 1.29 is 4.74 Å². The molecule has 0 saturated carbocycles. The van der Waals surface area contributed by atoms with Crippen LogP contribution in [-0.4, -0.2) is 25.7 Å². The minimum Gasteiger partial charge on any atom is -0.494 e. The predicted molar refractivity (Wildman–Crippen MR) is 101 cm³/mol. The van der Waals surface area contributed by atoms with E-state index in [0.29, 0.717) is 30.7 Å². The molecule has 4 nitrogen and oxygen atoms in total. The molecular weight excluding hydrogens is 401 g/mol. The summed E-state index contributed by atoms with van der Waals surface area (Å²) in [5, 5.41) is 3.76. The molecule has 0 unspecified atom stereocenters. The smallest absolute Gasteiger partial charge is 0.188 e. The van der Waals surface area contributed by atoms with Crippen LogP contribution in [0.5, 0.6) is 5.75 Å². The lowest BCUT2D eigenvalue weighted by Crippen LogP contribution is -2.33. The summed E-state index contributed by atoms with van der Waals surface area (Å²) in [6, 6.07) is 5.63. The van der Waals surface area contributed by atoms with E-state index in [1.807, 2.05) is 32.0 Å². The van der Waals surface area contributed by atoms with Crippen LogP contribution in [0.4, 0.5) is 0 Å². The van der Waals surface area contributed by atoms with Crippen molar-refractivity contribution in [1.29, 1.82) is 0 Å². The molecule has 1 rings (SSSR count). The summed E-state index contributed by atoms with van der Waals surface area (Å²) < 4.78 is 5.57. The highest BCUT2D eigenvalue weighted by Gasteiger charge is 2.04. The highest BCUT2D eigenvalue weighted by atomic mass is 127. The first kappa shape index (κ1) is 20.1. The van der Waals surface area contributed by atoms with Gasteiger partial charge in [0.25, 0.3) is 0 Å². The quantitative estimate of drug-likeness (QED) is 0.306. The van der Waals surface area contributed by atoms with Gasteiger partial charge in [0.05, 0.1) is 13.2 Å². The zero-order chi connectivity index (χ0) is 15.0. The first-order valence-corrected chi connectivity index (χ1v) is 7.00. The van der Waals surface area contributed by atoms with Crippen LogP contribution in [0, 0.1) is 0 Å². The van der Waals surface area contributed by atoms with Crippen LogP contribution in [0.3, 0.4) is 0 Å². The number of ether oxygens (including phenoxy) is 1. The maximum Gasteiger partial charge on any atom is 0.188 e. The zero-order valence-corrected chi connectivity index (χ0v) is 15.6. The fourth-order valence-corrected chi connectivity index (χ4v) is 1.84. The van der Waals surface area contributed by atoms with Crippen molar-refractivity contribution in [1.82, 2.24) is 5.32 Å². The van der Waals surface area contributed by atoms with Crippen molar-refractivity contribution in [2.45, 2.75) is 20.3 Å². The molecule has 0 spiro atoms. The standard InChI is InChI=1S/C15H22ClN3O.HI/c1-4-20-14-6-5-13(16)9-12(14)7-8-18-15(17)19-10-11(2)3;/h5-6,9H,2,4,7-8,10H2,1,3H3,(H3,17,18,19);1H. The number of aliphatic imine (C=N–C) groups is 1. The maximum absolute atomic E-state index is 6.01.